The van der Waals surface area contributed by atoms with Gasteiger partial charge < -0.3 is 10.4 Å². The normalized spacial score (nSPS) is 34.0. The molecule has 100 valence electrons. The van der Waals surface area contributed by atoms with Crippen molar-refractivity contribution in [2.24, 2.45) is 11.8 Å². The molecular formula is C14H16ClN3O. The summed E-state index contributed by atoms with van der Waals surface area (Å²) in [5.41, 5.74) is 1.06. The summed E-state index contributed by atoms with van der Waals surface area (Å²) in [6.07, 6.45) is 3.40. The average molecular weight is 278 g/mol. The summed E-state index contributed by atoms with van der Waals surface area (Å²) in [5.74, 6) is 1.15. The van der Waals surface area contributed by atoms with Crippen molar-refractivity contribution in [3.8, 4) is 0 Å². The molecule has 2 aliphatic rings. The van der Waals surface area contributed by atoms with Crippen LogP contribution in [0.5, 0.6) is 0 Å². The molecule has 0 amide bonds. The second-order valence-corrected chi connectivity index (χ2v) is 6.34. The van der Waals surface area contributed by atoms with Crippen molar-refractivity contribution in [3.05, 3.63) is 28.9 Å². The van der Waals surface area contributed by atoms with Gasteiger partial charge in [-0.25, -0.2) is 0 Å². The monoisotopic (exact) mass is 277 g/mol. The van der Waals surface area contributed by atoms with Crippen LogP contribution in [0.25, 0.3) is 10.9 Å². The first kappa shape index (κ1) is 11.7. The van der Waals surface area contributed by atoms with Gasteiger partial charge in [0.1, 0.15) is 0 Å². The van der Waals surface area contributed by atoms with Gasteiger partial charge in [-0.2, -0.15) is 5.10 Å². The van der Waals surface area contributed by atoms with Crippen LogP contribution in [0.3, 0.4) is 0 Å². The molecule has 1 saturated heterocycles. The molecule has 19 heavy (non-hydrogen) atoms. The fourth-order valence-electron chi connectivity index (χ4n) is 3.84. The average Bonchev–Trinajstić information content (AvgIpc) is 3.01. The maximum absolute atomic E-state index is 11.1. The second kappa shape index (κ2) is 3.95. The van der Waals surface area contributed by atoms with Gasteiger partial charge in [0.05, 0.1) is 17.3 Å². The molecule has 1 aliphatic carbocycles. The molecule has 4 rings (SSSR count). The molecule has 1 aromatic carbocycles. The first-order valence-electron chi connectivity index (χ1n) is 6.72. The Kier molecular flexibility index (Phi) is 2.43. The van der Waals surface area contributed by atoms with E-state index in [1.54, 1.807) is 6.20 Å². The van der Waals surface area contributed by atoms with E-state index in [2.05, 4.69) is 15.5 Å². The molecule has 2 fully saturated rings. The number of H-pyrrole nitrogens is 1. The van der Waals surface area contributed by atoms with E-state index in [9.17, 15) is 5.11 Å². The predicted octanol–water partition coefficient (Wildman–Crippen LogP) is 2.03. The van der Waals surface area contributed by atoms with Gasteiger partial charge in [0, 0.05) is 10.4 Å². The van der Waals surface area contributed by atoms with Gasteiger partial charge in [0.15, 0.2) is 0 Å². The fourth-order valence-corrected chi connectivity index (χ4v) is 4.06. The molecule has 2 heterocycles. The van der Waals surface area contributed by atoms with Crippen LogP contribution in [-0.4, -0.2) is 28.4 Å². The molecule has 0 unspecified atom stereocenters. The molecule has 1 saturated carbocycles. The number of nitrogens with one attached hydrogen (secondary N) is 2. The topological polar surface area (TPSA) is 60.9 Å². The van der Waals surface area contributed by atoms with Gasteiger partial charge in [-0.05, 0) is 55.5 Å². The molecule has 2 aromatic rings. The van der Waals surface area contributed by atoms with Gasteiger partial charge in [0.2, 0.25) is 0 Å². The summed E-state index contributed by atoms with van der Waals surface area (Å²) in [5, 5.41) is 23.1. The van der Waals surface area contributed by atoms with Crippen LogP contribution in [0.2, 0.25) is 5.02 Å². The van der Waals surface area contributed by atoms with E-state index in [4.69, 9.17) is 11.6 Å². The van der Waals surface area contributed by atoms with Gasteiger partial charge in [0.25, 0.3) is 0 Å². The lowest BCUT2D eigenvalue weighted by Gasteiger charge is -2.25. The highest BCUT2D eigenvalue weighted by Crippen LogP contribution is 2.49. The highest BCUT2D eigenvalue weighted by molar-refractivity contribution is 6.31. The number of aromatic nitrogens is 2. The van der Waals surface area contributed by atoms with Crippen molar-refractivity contribution < 1.29 is 5.11 Å². The minimum Gasteiger partial charge on any atom is -0.385 e. The van der Waals surface area contributed by atoms with Crippen LogP contribution in [0.1, 0.15) is 18.4 Å². The number of fused-ring (bicyclic) bond motifs is 2. The van der Waals surface area contributed by atoms with Crippen molar-refractivity contribution in [2.45, 2.75) is 18.4 Å². The standard InChI is InChI=1S/C14H16ClN3O/c15-10-1-12(11-7-17-18-13(11)2-10)14(19)3-8-5-16-6-9(8)4-14/h1-2,7-9,16,19H,3-6H2,(H,17,18)/t8-,9+,14-. The maximum Gasteiger partial charge on any atom is 0.0910 e. The van der Waals surface area contributed by atoms with E-state index in [1.165, 1.54) is 0 Å². The van der Waals surface area contributed by atoms with Gasteiger partial charge in [-0.15, -0.1) is 0 Å². The lowest BCUT2D eigenvalue weighted by atomic mass is 9.88. The summed E-state index contributed by atoms with van der Waals surface area (Å²) in [4.78, 5) is 0. The number of nitrogens with zero attached hydrogens (tertiary/aromatic N) is 1. The van der Waals surface area contributed by atoms with Gasteiger partial charge in [-0.1, -0.05) is 11.6 Å². The van der Waals surface area contributed by atoms with E-state index < -0.39 is 5.60 Å². The lowest BCUT2D eigenvalue weighted by Crippen LogP contribution is -2.25. The first-order valence-corrected chi connectivity index (χ1v) is 7.10. The Hall–Kier alpha value is -1.10. The molecule has 3 atom stereocenters. The smallest absolute Gasteiger partial charge is 0.0910 e. The maximum atomic E-state index is 11.1. The number of hydrogen-bond donors (Lipinski definition) is 3. The Bertz CT molecular complexity index is 627. The molecule has 0 bridgehead atoms. The van der Waals surface area contributed by atoms with Crippen molar-refractivity contribution in [2.75, 3.05) is 13.1 Å². The van der Waals surface area contributed by atoms with E-state index in [-0.39, 0.29) is 0 Å². The third-order valence-corrected chi connectivity index (χ3v) is 4.92. The molecular weight excluding hydrogens is 262 g/mol. The third kappa shape index (κ3) is 1.71. The van der Waals surface area contributed by atoms with E-state index in [1.807, 2.05) is 12.1 Å². The Morgan fingerprint density at radius 3 is 2.74 bits per heavy atom. The van der Waals surface area contributed by atoms with Crippen molar-refractivity contribution >= 4 is 22.5 Å². The van der Waals surface area contributed by atoms with Crippen molar-refractivity contribution in [3.63, 3.8) is 0 Å². The van der Waals surface area contributed by atoms with Crippen LogP contribution >= 0.6 is 11.6 Å². The van der Waals surface area contributed by atoms with E-state index in [0.717, 1.165) is 42.4 Å². The molecule has 1 aliphatic heterocycles. The third-order valence-electron chi connectivity index (χ3n) is 4.70. The zero-order valence-electron chi connectivity index (χ0n) is 10.5. The Labute approximate surface area is 116 Å². The minimum atomic E-state index is -0.759. The number of benzene rings is 1. The quantitative estimate of drug-likeness (QED) is 0.747. The number of aromatic amines is 1. The summed E-state index contributed by atoms with van der Waals surface area (Å²) in [7, 11) is 0. The Balaban J connectivity index is 1.83. The Morgan fingerprint density at radius 1 is 1.26 bits per heavy atom. The summed E-state index contributed by atoms with van der Waals surface area (Å²) >= 11 is 6.17. The Morgan fingerprint density at radius 2 is 2.00 bits per heavy atom. The van der Waals surface area contributed by atoms with Crippen LogP contribution < -0.4 is 5.32 Å². The minimum absolute atomic E-state index is 0.575. The second-order valence-electron chi connectivity index (χ2n) is 5.90. The summed E-state index contributed by atoms with van der Waals surface area (Å²) in [6.45, 7) is 2.03. The van der Waals surface area contributed by atoms with E-state index in [0.29, 0.717) is 16.9 Å². The highest BCUT2D eigenvalue weighted by atomic mass is 35.5. The largest absolute Gasteiger partial charge is 0.385 e. The molecule has 1 aromatic heterocycles. The zero-order chi connectivity index (χ0) is 13.0. The molecule has 0 radical (unpaired) electrons. The molecule has 5 heteroatoms. The van der Waals surface area contributed by atoms with Crippen LogP contribution in [0, 0.1) is 11.8 Å². The van der Waals surface area contributed by atoms with Gasteiger partial charge in [-0.3, -0.25) is 5.10 Å². The lowest BCUT2D eigenvalue weighted by molar-refractivity contribution is 0.0374. The number of aliphatic hydroxyl groups is 1. The first-order chi connectivity index (χ1) is 9.16. The summed E-state index contributed by atoms with van der Waals surface area (Å²) < 4.78 is 0. The van der Waals surface area contributed by atoms with Crippen LogP contribution in [0.15, 0.2) is 18.3 Å². The van der Waals surface area contributed by atoms with Crippen molar-refractivity contribution in [1.82, 2.24) is 15.5 Å². The number of hydrogen-bond acceptors (Lipinski definition) is 3. The predicted molar refractivity (Wildman–Crippen MR) is 74.1 cm³/mol. The van der Waals surface area contributed by atoms with Crippen LogP contribution in [-0.2, 0) is 5.60 Å². The SMILES string of the molecule is O[C@@]1(c2cc(Cl)cc3[nH]ncc23)C[C@H]2CNC[C@H]2C1. The fraction of sp³-hybridized carbons (Fsp3) is 0.500. The number of halogens is 1. The molecule has 4 nitrogen and oxygen atoms in total. The molecule has 0 spiro atoms. The van der Waals surface area contributed by atoms with Gasteiger partial charge >= 0.3 is 0 Å². The molecule has 3 N–H and O–H groups in total. The number of rotatable bonds is 1. The summed E-state index contributed by atoms with van der Waals surface area (Å²) in [6, 6.07) is 3.75. The highest BCUT2D eigenvalue weighted by Gasteiger charge is 2.47. The van der Waals surface area contributed by atoms with E-state index >= 15 is 0 Å². The van der Waals surface area contributed by atoms with Crippen LogP contribution in [0.4, 0.5) is 0 Å². The zero-order valence-corrected chi connectivity index (χ0v) is 11.2. The van der Waals surface area contributed by atoms with Crippen molar-refractivity contribution in [1.29, 1.82) is 0 Å².